The molecule has 0 unspecified atom stereocenters. The van der Waals surface area contributed by atoms with Crippen LogP contribution in [0.4, 0.5) is 5.82 Å². The predicted octanol–water partition coefficient (Wildman–Crippen LogP) is 1.96. The highest BCUT2D eigenvalue weighted by molar-refractivity contribution is 6.29. The van der Waals surface area contributed by atoms with Crippen LogP contribution in [-0.4, -0.2) is 4.98 Å². The van der Waals surface area contributed by atoms with Crippen LogP contribution in [-0.2, 0) is 0 Å². The number of halogens is 1. The van der Waals surface area contributed by atoms with Gasteiger partial charge < -0.3 is 0 Å². The molecule has 0 N–H and O–H groups in total. The summed E-state index contributed by atoms with van der Waals surface area (Å²) in [5.74, 6) is 0.715. The summed E-state index contributed by atoms with van der Waals surface area (Å²) in [5, 5.41) is 4.48. The van der Waals surface area contributed by atoms with E-state index in [1.807, 2.05) is 12.1 Å². The van der Waals surface area contributed by atoms with Crippen LogP contribution in [0.25, 0.3) is 6.08 Å². The average molecular weight is 152 g/mol. The molecule has 0 aliphatic carbocycles. The van der Waals surface area contributed by atoms with Gasteiger partial charge in [-0.2, -0.15) is 0 Å². The van der Waals surface area contributed by atoms with E-state index < -0.39 is 0 Å². The normalized spacial score (nSPS) is 12.9. The third-order valence-electron chi connectivity index (χ3n) is 1.32. The second-order valence-corrected chi connectivity index (χ2v) is 2.38. The summed E-state index contributed by atoms with van der Waals surface area (Å²) >= 11 is 5.62. The van der Waals surface area contributed by atoms with Crippen molar-refractivity contribution in [3.8, 4) is 0 Å². The van der Waals surface area contributed by atoms with Crippen molar-refractivity contribution in [3.05, 3.63) is 29.0 Å². The van der Waals surface area contributed by atoms with Crippen LogP contribution in [0.1, 0.15) is 5.56 Å². The Bertz CT molecular complexity index is 294. The van der Waals surface area contributed by atoms with E-state index in [4.69, 9.17) is 11.6 Å². The number of nitrogens with zero attached hydrogens (tertiary/aromatic N) is 2. The Hall–Kier alpha value is -1.02. The summed E-state index contributed by atoms with van der Waals surface area (Å²) in [4.78, 5) is 3.99. The van der Waals surface area contributed by atoms with E-state index in [0.717, 1.165) is 5.56 Å². The minimum atomic E-state index is 0.492. The highest BCUT2D eigenvalue weighted by Gasteiger charge is 2.06. The van der Waals surface area contributed by atoms with Crippen LogP contribution >= 0.6 is 11.6 Å². The van der Waals surface area contributed by atoms with E-state index in [-0.39, 0.29) is 0 Å². The molecule has 0 bridgehead atoms. The van der Waals surface area contributed by atoms with Crippen molar-refractivity contribution < 1.29 is 0 Å². The topological polar surface area (TPSA) is 27.0 Å². The minimum Gasteiger partial charge on any atom is -0.237 e. The Kier molecular flexibility index (Phi) is 1.14. The maximum atomic E-state index is 5.62. The van der Waals surface area contributed by atoms with Crippen LogP contribution < -0.4 is 5.32 Å². The molecule has 2 heterocycles. The fourth-order valence-corrected chi connectivity index (χ4v) is 1.00. The molecule has 0 aromatic carbocycles. The molecular formula is C7H4ClN2. The van der Waals surface area contributed by atoms with Crippen LogP contribution in [0.5, 0.6) is 0 Å². The predicted molar refractivity (Wildman–Crippen MR) is 40.1 cm³/mol. The Morgan fingerprint density at radius 1 is 1.30 bits per heavy atom. The molecule has 1 radical (unpaired) electrons. The fraction of sp³-hybridized carbons (Fsp3) is 0. The summed E-state index contributed by atoms with van der Waals surface area (Å²) in [6.07, 6.45) is 3.62. The van der Waals surface area contributed by atoms with Gasteiger partial charge in [0.25, 0.3) is 0 Å². The zero-order valence-electron chi connectivity index (χ0n) is 5.08. The average Bonchev–Trinajstić information content (AvgIpc) is 2.33. The smallest absolute Gasteiger partial charge is 0.160 e. The van der Waals surface area contributed by atoms with Crippen LogP contribution in [0, 0.1) is 0 Å². The Balaban J connectivity index is 2.59. The third-order valence-corrected chi connectivity index (χ3v) is 1.53. The van der Waals surface area contributed by atoms with Crippen molar-refractivity contribution in [2.45, 2.75) is 0 Å². The monoisotopic (exact) mass is 151 g/mol. The summed E-state index contributed by atoms with van der Waals surface area (Å²) in [6.45, 7) is 0. The van der Waals surface area contributed by atoms with Crippen LogP contribution in [0.15, 0.2) is 18.3 Å². The van der Waals surface area contributed by atoms with E-state index in [1.165, 1.54) is 0 Å². The SMILES string of the molecule is Clc1ccc2c(n1)[N]C=C2. The molecule has 1 aliphatic rings. The van der Waals surface area contributed by atoms with Crippen molar-refractivity contribution in [2.24, 2.45) is 0 Å². The first-order chi connectivity index (χ1) is 4.86. The van der Waals surface area contributed by atoms with Gasteiger partial charge in [-0.1, -0.05) is 11.6 Å². The number of rotatable bonds is 0. The quantitative estimate of drug-likeness (QED) is 0.521. The zero-order chi connectivity index (χ0) is 6.97. The summed E-state index contributed by atoms with van der Waals surface area (Å²) in [7, 11) is 0. The number of aromatic nitrogens is 1. The molecule has 0 amide bonds. The van der Waals surface area contributed by atoms with Crippen LogP contribution in [0.3, 0.4) is 0 Å². The molecule has 0 spiro atoms. The molecule has 3 heteroatoms. The van der Waals surface area contributed by atoms with Crippen molar-refractivity contribution >= 4 is 23.5 Å². The second kappa shape index (κ2) is 1.99. The van der Waals surface area contributed by atoms with E-state index in [1.54, 1.807) is 12.3 Å². The maximum absolute atomic E-state index is 5.62. The Morgan fingerprint density at radius 3 is 3.10 bits per heavy atom. The molecule has 1 aromatic rings. The van der Waals surface area contributed by atoms with Gasteiger partial charge in [-0.25, -0.2) is 10.3 Å². The van der Waals surface area contributed by atoms with E-state index in [9.17, 15) is 0 Å². The van der Waals surface area contributed by atoms with Crippen molar-refractivity contribution in [3.63, 3.8) is 0 Å². The first-order valence-corrected chi connectivity index (χ1v) is 3.28. The molecular weight excluding hydrogens is 148 g/mol. The molecule has 1 aromatic heterocycles. The molecule has 2 rings (SSSR count). The molecule has 0 saturated carbocycles. The van der Waals surface area contributed by atoms with Gasteiger partial charge in [0.1, 0.15) is 5.15 Å². The Labute approximate surface area is 63.5 Å². The number of hydrogen-bond acceptors (Lipinski definition) is 1. The van der Waals surface area contributed by atoms with Gasteiger partial charge in [0, 0.05) is 11.8 Å². The largest absolute Gasteiger partial charge is 0.237 e. The molecule has 0 saturated heterocycles. The van der Waals surface area contributed by atoms with Crippen molar-refractivity contribution in [1.82, 2.24) is 10.3 Å². The number of fused-ring (bicyclic) bond motifs is 1. The van der Waals surface area contributed by atoms with E-state index >= 15 is 0 Å². The third kappa shape index (κ3) is 0.772. The lowest BCUT2D eigenvalue weighted by atomic mass is 10.3. The summed E-state index contributed by atoms with van der Waals surface area (Å²) < 4.78 is 0. The number of hydrogen-bond donors (Lipinski definition) is 0. The number of pyridine rings is 1. The standard InChI is InChI=1S/C7H4ClN2/c8-6-2-1-5-3-4-9-7(5)10-6/h1-4H. The van der Waals surface area contributed by atoms with E-state index in [0.29, 0.717) is 11.0 Å². The lowest BCUT2D eigenvalue weighted by Crippen LogP contribution is -1.86. The lowest BCUT2D eigenvalue weighted by Gasteiger charge is -1.94. The lowest BCUT2D eigenvalue weighted by molar-refractivity contribution is 1.12. The highest BCUT2D eigenvalue weighted by atomic mass is 35.5. The molecule has 0 fully saturated rings. The molecule has 0 atom stereocenters. The van der Waals surface area contributed by atoms with Gasteiger partial charge in [0.05, 0.1) is 0 Å². The molecule has 2 nitrogen and oxygen atoms in total. The van der Waals surface area contributed by atoms with Gasteiger partial charge >= 0.3 is 0 Å². The van der Waals surface area contributed by atoms with Crippen molar-refractivity contribution in [1.29, 1.82) is 0 Å². The highest BCUT2D eigenvalue weighted by Crippen LogP contribution is 2.21. The second-order valence-electron chi connectivity index (χ2n) is 1.99. The van der Waals surface area contributed by atoms with E-state index in [2.05, 4.69) is 10.3 Å². The van der Waals surface area contributed by atoms with Gasteiger partial charge in [-0.3, -0.25) is 0 Å². The fourth-order valence-electron chi connectivity index (χ4n) is 0.858. The van der Waals surface area contributed by atoms with Gasteiger partial charge in [0.2, 0.25) is 0 Å². The van der Waals surface area contributed by atoms with Crippen molar-refractivity contribution in [2.75, 3.05) is 0 Å². The Morgan fingerprint density at radius 2 is 2.20 bits per heavy atom. The zero-order valence-corrected chi connectivity index (χ0v) is 5.84. The van der Waals surface area contributed by atoms with Gasteiger partial charge in [-0.05, 0) is 18.2 Å². The molecule has 1 aliphatic heterocycles. The summed E-state index contributed by atoms with van der Waals surface area (Å²) in [5.41, 5.74) is 1.03. The van der Waals surface area contributed by atoms with Crippen LogP contribution in [0.2, 0.25) is 5.15 Å². The minimum absolute atomic E-state index is 0.492. The molecule has 10 heavy (non-hydrogen) atoms. The molecule has 49 valence electrons. The van der Waals surface area contributed by atoms with Gasteiger partial charge in [-0.15, -0.1) is 0 Å². The summed E-state index contributed by atoms with van der Waals surface area (Å²) in [6, 6.07) is 3.66. The first-order valence-electron chi connectivity index (χ1n) is 2.90. The van der Waals surface area contributed by atoms with Gasteiger partial charge in [0.15, 0.2) is 5.82 Å². The maximum Gasteiger partial charge on any atom is 0.160 e. The first kappa shape index (κ1) is 5.74.